The molecule has 1 amide bonds. The first kappa shape index (κ1) is 20.2. The Morgan fingerprint density at radius 3 is 2.75 bits per heavy atom. The summed E-state index contributed by atoms with van der Waals surface area (Å²) < 4.78 is 16.0. The first-order chi connectivity index (χ1) is 13.5. The van der Waals surface area contributed by atoms with Gasteiger partial charge in [0.15, 0.2) is 17.3 Å². The van der Waals surface area contributed by atoms with Crippen molar-refractivity contribution in [3.8, 4) is 11.5 Å². The lowest BCUT2D eigenvalue weighted by Gasteiger charge is -2.26. The standard InChI is InChI=1S/C20H24ClN3O4/c1-4-27-18-15(21)11-14(12-16(18)26-3)7-8-17(25)23-20(9-5-6-10-20)19-22-13(2)28-24-19/h7-8,11-12H,4-6,9-10H2,1-3H3,(H,23,25)/b8-7+. The Bertz CT molecular complexity index is 872. The summed E-state index contributed by atoms with van der Waals surface area (Å²) >= 11 is 6.28. The lowest BCUT2D eigenvalue weighted by Crippen LogP contribution is -2.44. The molecule has 3 rings (SSSR count). The zero-order chi connectivity index (χ0) is 20.1. The minimum atomic E-state index is -0.576. The van der Waals surface area contributed by atoms with Gasteiger partial charge in [0.2, 0.25) is 11.8 Å². The zero-order valence-corrected chi connectivity index (χ0v) is 17.0. The number of nitrogens with one attached hydrogen (secondary N) is 1. The highest BCUT2D eigenvalue weighted by Gasteiger charge is 2.40. The van der Waals surface area contributed by atoms with Gasteiger partial charge in [-0.1, -0.05) is 29.6 Å². The van der Waals surface area contributed by atoms with Crippen LogP contribution in [0.15, 0.2) is 22.7 Å². The fraction of sp³-hybridized carbons (Fsp3) is 0.450. The summed E-state index contributed by atoms with van der Waals surface area (Å²) in [6, 6.07) is 3.50. The first-order valence-corrected chi connectivity index (χ1v) is 9.66. The molecule has 0 aliphatic heterocycles. The van der Waals surface area contributed by atoms with Crippen molar-refractivity contribution in [3.05, 3.63) is 40.5 Å². The van der Waals surface area contributed by atoms with E-state index in [4.69, 9.17) is 25.6 Å². The van der Waals surface area contributed by atoms with Gasteiger partial charge in [-0.15, -0.1) is 0 Å². The van der Waals surface area contributed by atoms with E-state index in [0.717, 1.165) is 31.2 Å². The summed E-state index contributed by atoms with van der Waals surface area (Å²) in [5.74, 6) is 1.81. The Hall–Kier alpha value is -2.54. The van der Waals surface area contributed by atoms with E-state index in [1.54, 1.807) is 32.2 Å². The monoisotopic (exact) mass is 405 g/mol. The van der Waals surface area contributed by atoms with Gasteiger partial charge >= 0.3 is 0 Å². The molecule has 1 aliphatic carbocycles. The fourth-order valence-electron chi connectivity index (χ4n) is 3.45. The summed E-state index contributed by atoms with van der Waals surface area (Å²) in [7, 11) is 1.55. The van der Waals surface area contributed by atoms with Crippen LogP contribution in [-0.4, -0.2) is 29.8 Å². The molecule has 1 aliphatic rings. The molecule has 2 aromatic rings. The average Bonchev–Trinajstić information content (AvgIpc) is 3.32. The minimum Gasteiger partial charge on any atom is -0.493 e. The Balaban J connectivity index is 1.77. The highest BCUT2D eigenvalue weighted by atomic mass is 35.5. The number of hydrogen-bond acceptors (Lipinski definition) is 6. The van der Waals surface area contributed by atoms with Crippen molar-refractivity contribution < 1.29 is 18.8 Å². The van der Waals surface area contributed by atoms with Gasteiger partial charge < -0.3 is 19.3 Å². The highest BCUT2D eigenvalue weighted by molar-refractivity contribution is 6.32. The van der Waals surface area contributed by atoms with E-state index in [0.29, 0.717) is 34.8 Å². The number of benzene rings is 1. The van der Waals surface area contributed by atoms with Crippen LogP contribution in [0.25, 0.3) is 6.08 Å². The van der Waals surface area contributed by atoms with Gasteiger partial charge in [-0.2, -0.15) is 4.98 Å². The predicted octanol–water partition coefficient (Wildman–Crippen LogP) is 4.04. The second kappa shape index (κ2) is 8.65. The quantitative estimate of drug-likeness (QED) is 0.699. The molecule has 1 aromatic heterocycles. The fourth-order valence-corrected chi connectivity index (χ4v) is 3.72. The molecule has 1 fully saturated rings. The van der Waals surface area contributed by atoms with Crippen LogP contribution >= 0.6 is 11.6 Å². The molecule has 28 heavy (non-hydrogen) atoms. The number of carbonyl (C=O) groups excluding carboxylic acids is 1. The molecule has 1 N–H and O–H groups in total. The number of halogens is 1. The number of amides is 1. The lowest BCUT2D eigenvalue weighted by atomic mass is 9.96. The van der Waals surface area contributed by atoms with Crippen LogP contribution in [0.4, 0.5) is 0 Å². The number of ether oxygens (including phenoxy) is 2. The number of carbonyl (C=O) groups is 1. The van der Waals surface area contributed by atoms with Crippen molar-refractivity contribution in [1.29, 1.82) is 0 Å². The lowest BCUT2D eigenvalue weighted by molar-refractivity contribution is -0.118. The van der Waals surface area contributed by atoms with E-state index in [9.17, 15) is 4.79 Å². The van der Waals surface area contributed by atoms with Gasteiger partial charge in [0.1, 0.15) is 5.54 Å². The van der Waals surface area contributed by atoms with E-state index in [2.05, 4.69) is 15.5 Å². The van der Waals surface area contributed by atoms with E-state index >= 15 is 0 Å². The van der Waals surface area contributed by atoms with Gasteiger partial charge in [0.05, 0.1) is 18.7 Å². The zero-order valence-electron chi connectivity index (χ0n) is 16.3. The number of rotatable bonds is 7. The van der Waals surface area contributed by atoms with Crippen molar-refractivity contribution in [2.24, 2.45) is 0 Å². The van der Waals surface area contributed by atoms with Crippen LogP contribution in [0.3, 0.4) is 0 Å². The molecule has 0 radical (unpaired) electrons. The molecule has 1 heterocycles. The van der Waals surface area contributed by atoms with Crippen LogP contribution < -0.4 is 14.8 Å². The second-order valence-electron chi connectivity index (χ2n) is 6.72. The van der Waals surface area contributed by atoms with Gasteiger partial charge in [-0.25, -0.2) is 0 Å². The average molecular weight is 406 g/mol. The van der Waals surface area contributed by atoms with Gasteiger partial charge in [0.25, 0.3) is 0 Å². The minimum absolute atomic E-state index is 0.228. The maximum Gasteiger partial charge on any atom is 0.244 e. The molecule has 0 bridgehead atoms. The molecule has 0 spiro atoms. The van der Waals surface area contributed by atoms with Crippen LogP contribution in [-0.2, 0) is 10.3 Å². The molecule has 7 nitrogen and oxygen atoms in total. The molecule has 0 saturated heterocycles. The summed E-state index contributed by atoms with van der Waals surface area (Å²) in [6.07, 6.45) is 6.73. The normalized spacial score (nSPS) is 15.7. The predicted molar refractivity (Wildman–Crippen MR) is 106 cm³/mol. The SMILES string of the molecule is CCOc1c(Cl)cc(/C=C/C(=O)NC2(c3noc(C)n3)CCCC2)cc1OC. The summed E-state index contributed by atoms with van der Waals surface area (Å²) in [5, 5.41) is 7.52. The third-order valence-corrected chi connectivity index (χ3v) is 5.02. The van der Waals surface area contributed by atoms with Gasteiger partial charge in [-0.3, -0.25) is 4.79 Å². The van der Waals surface area contributed by atoms with Gasteiger partial charge in [0, 0.05) is 13.0 Å². The summed E-state index contributed by atoms with van der Waals surface area (Å²) in [4.78, 5) is 16.9. The molecular weight excluding hydrogens is 382 g/mol. The first-order valence-electron chi connectivity index (χ1n) is 9.29. The number of hydrogen-bond donors (Lipinski definition) is 1. The van der Waals surface area contributed by atoms with E-state index in [-0.39, 0.29) is 5.91 Å². The summed E-state index contributed by atoms with van der Waals surface area (Å²) in [6.45, 7) is 4.09. The largest absolute Gasteiger partial charge is 0.493 e. The summed E-state index contributed by atoms with van der Waals surface area (Å²) in [5.41, 5.74) is 0.157. The molecule has 8 heteroatoms. The topological polar surface area (TPSA) is 86.5 Å². The van der Waals surface area contributed by atoms with Crippen molar-refractivity contribution in [3.63, 3.8) is 0 Å². The van der Waals surface area contributed by atoms with Crippen LogP contribution in [0.2, 0.25) is 5.02 Å². The molecule has 150 valence electrons. The van der Waals surface area contributed by atoms with Crippen molar-refractivity contribution >= 4 is 23.6 Å². The van der Waals surface area contributed by atoms with Crippen LogP contribution in [0.5, 0.6) is 11.5 Å². The number of aryl methyl sites for hydroxylation is 1. The molecule has 1 aromatic carbocycles. The molecule has 0 atom stereocenters. The van der Waals surface area contributed by atoms with Crippen molar-refractivity contribution in [2.45, 2.75) is 45.1 Å². The maximum absolute atomic E-state index is 12.6. The Kier molecular flexibility index (Phi) is 6.24. The Labute approximate surface area is 169 Å². The smallest absolute Gasteiger partial charge is 0.244 e. The molecule has 1 saturated carbocycles. The molecular formula is C20H24ClN3O4. The molecule has 0 unspecified atom stereocenters. The van der Waals surface area contributed by atoms with E-state index < -0.39 is 5.54 Å². The number of aromatic nitrogens is 2. The Morgan fingerprint density at radius 2 is 2.14 bits per heavy atom. The maximum atomic E-state index is 12.6. The van der Waals surface area contributed by atoms with E-state index in [1.165, 1.54) is 6.08 Å². The number of nitrogens with zero attached hydrogens (tertiary/aromatic N) is 2. The van der Waals surface area contributed by atoms with Crippen LogP contribution in [0.1, 0.15) is 49.9 Å². The third kappa shape index (κ3) is 4.30. The van der Waals surface area contributed by atoms with Gasteiger partial charge in [-0.05, 0) is 43.5 Å². The van der Waals surface area contributed by atoms with Crippen molar-refractivity contribution in [1.82, 2.24) is 15.5 Å². The highest BCUT2D eigenvalue weighted by Crippen LogP contribution is 2.38. The second-order valence-corrected chi connectivity index (χ2v) is 7.12. The van der Waals surface area contributed by atoms with E-state index in [1.807, 2.05) is 6.92 Å². The van der Waals surface area contributed by atoms with Crippen molar-refractivity contribution in [2.75, 3.05) is 13.7 Å². The van der Waals surface area contributed by atoms with Crippen LogP contribution in [0, 0.1) is 6.92 Å². The Morgan fingerprint density at radius 1 is 1.39 bits per heavy atom. The number of methoxy groups -OCH3 is 1. The third-order valence-electron chi connectivity index (χ3n) is 4.74.